The molecule has 0 aromatic heterocycles. The number of carbonyl (C=O) groups is 3. The summed E-state index contributed by atoms with van der Waals surface area (Å²) >= 11 is 1.43. The molecule has 2 aromatic rings. The number of nitrogens with zero attached hydrogens (tertiary/aromatic N) is 1. The Balaban J connectivity index is 1.46. The van der Waals surface area contributed by atoms with E-state index in [0.29, 0.717) is 5.75 Å². The summed E-state index contributed by atoms with van der Waals surface area (Å²) in [6.45, 7) is 5.24. The first-order valence-corrected chi connectivity index (χ1v) is 12.7. The van der Waals surface area contributed by atoms with Crippen LogP contribution in [0.2, 0.25) is 0 Å². The Bertz CT molecular complexity index is 1060. The first-order valence-electron chi connectivity index (χ1n) is 11.3. The van der Waals surface area contributed by atoms with Crippen LogP contribution in [0.1, 0.15) is 37.8 Å². The van der Waals surface area contributed by atoms with Crippen LogP contribution in [0.15, 0.2) is 48.5 Å². The maximum atomic E-state index is 13.4. The van der Waals surface area contributed by atoms with Crippen molar-refractivity contribution in [2.45, 2.75) is 44.5 Å². The molecule has 1 aliphatic carbocycles. The lowest BCUT2D eigenvalue weighted by atomic mass is 9.98. The number of hydrogen-bond acceptors (Lipinski definition) is 6. The Morgan fingerprint density at radius 1 is 1.12 bits per heavy atom. The molecule has 1 heterocycles. The van der Waals surface area contributed by atoms with Crippen molar-refractivity contribution in [3.05, 3.63) is 59.7 Å². The highest BCUT2D eigenvalue weighted by molar-refractivity contribution is 7.98. The van der Waals surface area contributed by atoms with Crippen LogP contribution in [0, 0.1) is 0 Å². The van der Waals surface area contributed by atoms with Crippen molar-refractivity contribution in [3.8, 4) is 11.1 Å². The number of carbonyl (C=O) groups excluding carboxylic acids is 3. The Kier molecular flexibility index (Phi) is 7.00. The highest BCUT2D eigenvalue weighted by Gasteiger charge is 2.47. The van der Waals surface area contributed by atoms with Crippen molar-refractivity contribution in [1.82, 2.24) is 10.2 Å². The minimum Gasteiger partial charge on any atom is -0.449 e. The Morgan fingerprint density at radius 2 is 1.71 bits per heavy atom. The third kappa shape index (κ3) is 4.57. The molecule has 0 spiro atoms. The predicted molar refractivity (Wildman–Crippen MR) is 132 cm³/mol. The number of ketones is 1. The number of rotatable bonds is 7. The average Bonchev–Trinajstić information content (AvgIpc) is 3.31. The number of thioether (sulfide) groups is 1. The van der Waals surface area contributed by atoms with Crippen LogP contribution in [-0.2, 0) is 19.1 Å². The molecule has 0 saturated carbocycles. The molecule has 0 radical (unpaired) electrons. The van der Waals surface area contributed by atoms with E-state index in [-0.39, 0.29) is 30.8 Å². The molecule has 1 unspecified atom stereocenters. The number of nitrogens with one attached hydrogen (secondary N) is 1. The Morgan fingerprint density at radius 3 is 2.26 bits per heavy atom. The molecular weight excluding hydrogens is 452 g/mol. The minimum atomic E-state index is -0.938. The third-order valence-electron chi connectivity index (χ3n) is 6.46. The van der Waals surface area contributed by atoms with E-state index < -0.39 is 23.9 Å². The maximum Gasteiger partial charge on any atom is 0.407 e. The first kappa shape index (κ1) is 24.3. The molecule has 34 heavy (non-hydrogen) atoms. The van der Waals surface area contributed by atoms with Gasteiger partial charge in [0.2, 0.25) is 5.91 Å². The van der Waals surface area contributed by atoms with E-state index in [1.165, 1.54) is 23.6 Å². The van der Waals surface area contributed by atoms with Crippen LogP contribution in [0.3, 0.4) is 0 Å². The number of hydrogen-bond donors (Lipinski definition) is 1. The number of fused-ring (bicyclic) bond motifs is 3. The second-order valence-corrected chi connectivity index (χ2v) is 9.98. The van der Waals surface area contributed by atoms with Crippen molar-refractivity contribution in [3.63, 3.8) is 0 Å². The zero-order valence-corrected chi connectivity index (χ0v) is 20.7. The summed E-state index contributed by atoms with van der Waals surface area (Å²) in [6.07, 6.45) is 1.19. The molecule has 2 amide bonds. The smallest absolute Gasteiger partial charge is 0.407 e. The van der Waals surface area contributed by atoms with E-state index in [0.717, 1.165) is 22.3 Å². The van der Waals surface area contributed by atoms with Gasteiger partial charge in [-0.15, -0.1) is 0 Å². The zero-order chi connectivity index (χ0) is 24.5. The van der Waals surface area contributed by atoms with Crippen molar-refractivity contribution in [1.29, 1.82) is 0 Å². The van der Waals surface area contributed by atoms with Crippen molar-refractivity contribution in [2.75, 3.05) is 25.2 Å². The monoisotopic (exact) mass is 482 g/mol. The van der Waals surface area contributed by atoms with Crippen LogP contribution in [0.5, 0.6) is 0 Å². The van der Waals surface area contributed by atoms with Gasteiger partial charge in [0.1, 0.15) is 24.4 Å². The molecule has 2 aliphatic rings. The van der Waals surface area contributed by atoms with E-state index in [1.54, 1.807) is 13.8 Å². The molecule has 1 N–H and O–H groups in total. The van der Waals surface area contributed by atoms with E-state index in [1.807, 2.05) is 30.5 Å². The fourth-order valence-corrected chi connectivity index (χ4v) is 5.37. The normalized spacial score (nSPS) is 19.3. The second-order valence-electron chi connectivity index (χ2n) is 9.07. The van der Waals surface area contributed by atoms with Gasteiger partial charge in [0, 0.05) is 11.7 Å². The van der Waals surface area contributed by atoms with Crippen molar-refractivity contribution >= 4 is 29.5 Å². The molecule has 1 saturated heterocycles. The molecular formula is C26H30N2O5S. The molecule has 2 atom stereocenters. The Labute approximate surface area is 204 Å². The summed E-state index contributed by atoms with van der Waals surface area (Å²) < 4.78 is 11.3. The van der Waals surface area contributed by atoms with Crippen LogP contribution in [-0.4, -0.2) is 65.7 Å². The van der Waals surface area contributed by atoms with Gasteiger partial charge in [0.25, 0.3) is 0 Å². The van der Waals surface area contributed by atoms with Gasteiger partial charge in [0.05, 0.1) is 6.61 Å². The van der Waals surface area contributed by atoms with E-state index in [2.05, 4.69) is 29.6 Å². The van der Waals surface area contributed by atoms with Gasteiger partial charge in [-0.05, 0) is 49.3 Å². The molecule has 8 heteroatoms. The standard InChI is InChI=1S/C26H30N2O5S/c1-16(29)23-14-33-26(2,3)28(23)24(30)22(15-34-4)27-25(31)32-13-21-19-11-7-5-9-17(19)18-10-6-8-12-20(18)21/h5-12,21-23H,13-15H2,1-4H3,(H,27,31)/t22-,23?/m1/s1. The van der Waals surface area contributed by atoms with Gasteiger partial charge < -0.3 is 19.7 Å². The van der Waals surface area contributed by atoms with Crippen LogP contribution < -0.4 is 5.32 Å². The lowest BCUT2D eigenvalue weighted by Crippen LogP contribution is -2.58. The SMILES string of the molecule is CSC[C@@H](NC(=O)OCC1c2ccccc2-c2ccccc21)C(=O)N1C(C(C)=O)COC1(C)C. The summed E-state index contributed by atoms with van der Waals surface area (Å²) in [5, 5.41) is 2.72. The van der Waals surface area contributed by atoms with E-state index >= 15 is 0 Å². The van der Waals surface area contributed by atoms with Crippen molar-refractivity contribution in [2.24, 2.45) is 0 Å². The minimum absolute atomic E-state index is 0.0686. The maximum absolute atomic E-state index is 13.4. The van der Waals surface area contributed by atoms with Crippen LogP contribution >= 0.6 is 11.8 Å². The Hall–Kier alpha value is -2.84. The quantitative estimate of drug-likeness (QED) is 0.646. The first-order chi connectivity index (χ1) is 16.2. The predicted octanol–water partition coefficient (Wildman–Crippen LogP) is 3.81. The molecule has 180 valence electrons. The summed E-state index contributed by atoms with van der Waals surface area (Å²) in [7, 11) is 0. The zero-order valence-electron chi connectivity index (χ0n) is 19.9. The fraction of sp³-hybridized carbons (Fsp3) is 0.423. The average molecular weight is 483 g/mol. The van der Waals surface area contributed by atoms with Crippen LogP contribution in [0.25, 0.3) is 11.1 Å². The third-order valence-corrected chi connectivity index (χ3v) is 7.13. The van der Waals surface area contributed by atoms with Crippen LogP contribution in [0.4, 0.5) is 4.79 Å². The fourth-order valence-electron chi connectivity index (χ4n) is 4.81. The summed E-state index contributed by atoms with van der Waals surface area (Å²) in [6, 6.07) is 14.7. The molecule has 7 nitrogen and oxygen atoms in total. The molecule has 2 aromatic carbocycles. The molecule has 0 bridgehead atoms. The van der Waals surface area contributed by atoms with Gasteiger partial charge in [0.15, 0.2) is 5.78 Å². The van der Waals surface area contributed by atoms with E-state index in [9.17, 15) is 14.4 Å². The number of benzene rings is 2. The molecule has 1 aliphatic heterocycles. The van der Waals surface area contributed by atoms with Gasteiger partial charge >= 0.3 is 6.09 Å². The summed E-state index contributed by atoms with van der Waals surface area (Å²) in [4.78, 5) is 39.7. The number of Topliss-reactive ketones (excluding diaryl/α,β-unsaturated/α-hetero) is 1. The van der Waals surface area contributed by atoms with Gasteiger partial charge in [-0.25, -0.2) is 4.79 Å². The lowest BCUT2D eigenvalue weighted by molar-refractivity contribution is -0.150. The second kappa shape index (κ2) is 9.80. The largest absolute Gasteiger partial charge is 0.449 e. The lowest BCUT2D eigenvalue weighted by Gasteiger charge is -2.35. The van der Waals surface area contributed by atoms with E-state index in [4.69, 9.17) is 9.47 Å². The molecule has 4 rings (SSSR count). The topological polar surface area (TPSA) is 84.9 Å². The number of ether oxygens (including phenoxy) is 2. The summed E-state index contributed by atoms with van der Waals surface area (Å²) in [5.74, 6) is -0.227. The molecule has 1 fully saturated rings. The van der Waals surface area contributed by atoms with Gasteiger partial charge in [-0.3, -0.25) is 9.59 Å². The summed E-state index contributed by atoms with van der Waals surface area (Å²) in [5.41, 5.74) is 3.60. The number of amides is 2. The van der Waals surface area contributed by atoms with Crippen molar-refractivity contribution < 1.29 is 23.9 Å². The highest BCUT2D eigenvalue weighted by atomic mass is 32.2. The van der Waals surface area contributed by atoms with Gasteiger partial charge in [-0.2, -0.15) is 11.8 Å². The highest BCUT2D eigenvalue weighted by Crippen LogP contribution is 2.44. The van der Waals surface area contributed by atoms with Gasteiger partial charge in [-0.1, -0.05) is 48.5 Å². The number of alkyl carbamates (subject to hydrolysis) is 1.